The third-order valence-corrected chi connectivity index (χ3v) is 3.94. The summed E-state index contributed by atoms with van der Waals surface area (Å²) in [5, 5.41) is 13.7. The van der Waals surface area contributed by atoms with Gasteiger partial charge in [-0.05, 0) is 12.0 Å². The Morgan fingerprint density at radius 2 is 2.25 bits per heavy atom. The van der Waals surface area contributed by atoms with Gasteiger partial charge in [0, 0.05) is 43.4 Å². The van der Waals surface area contributed by atoms with Gasteiger partial charge in [0.05, 0.1) is 12.8 Å². The molecule has 106 valence electrons. The number of nitrogens with zero attached hydrogens (tertiary/aromatic N) is 3. The van der Waals surface area contributed by atoms with Gasteiger partial charge in [-0.1, -0.05) is 0 Å². The Balaban J connectivity index is 1.94. The SMILES string of the molecule is Cn1ncc2c1[C@H](Cn1ccc(=O)[nH]c1=O)C[C@@H]2CO. The fourth-order valence-corrected chi connectivity index (χ4v) is 3.02. The largest absolute Gasteiger partial charge is 0.396 e. The molecule has 7 heteroatoms. The highest BCUT2D eigenvalue weighted by molar-refractivity contribution is 5.32. The van der Waals surface area contributed by atoms with Gasteiger partial charge >= 0.3 is 5.69 Å². The van der Waals surface area contributed by atoms with Crippen molar-refractivity contribution in [3.8, 4) is 0 Å². The first-order chi connectivity index (χ1) is 9.60. The van der Waals surface area contributed by atoms with Crippen molar-refractivity contribution >= 4 is 0 Å². The first-order valence-corrected chi connectivity index (χ1v) is 6.52. The number of H-pyrrole nitrogens is 1. The van der Waals surface area contributed by atoms with E-state index >= 15 is 0 Å². The monoisotopic (exact) mass is 276 g/mol. The average molecular weight is 276 g/mol. The van der Waals surface area contributed by atoms with Gasteiger partial charge < -0.3 is 5.11 Å². The fraction of sp³-hybridized carbons (Fsp3) is 0.462. The Labute approximate surface area is 114 Å². The zero-order valence-electron chi connectivity index (χ0n) is 11.1. The van der Waals surface area contributed by atoms with Crippen LogP contribution in [0, 0.1) is 0 Å². The number of hydrogen-bond donors (Lipinski definition) is 2. The number of aromatic nitrogens is 4. The Morgan fingerprint density at radius 3 is 2.95 bits per heavy atom. The van der Waals surface area contributed by atoms with Gasteiger partial charge in [0.25, 0.3) is 5.56 Å². The standard InChI is InChI=1S/C13H16N4O3/c1-16-12-8(4-9(7-18)10(12)5-14-16)6-17-3-2-11(19)15-13(17)20/h2-3,5,8-9,18H,4,6-7H2,1H3,(H,15,19,20)/t8-,9+/m0/s1. The van der Waals surface area contributed by atoms with E-state index < -0.39 is 11.2 Å². The molecule has 0 spiro atoms. The normalized spacial score (nSPS) is 21.1. The summed E-state index contributed by atoms with van der Waals surface area (Å²) in [6.45, 7) is 0.550. The summed E-state index contributed by atoms with van der Waals surface area (Å²) in [5.74, 6) is 0.181. The van der Waals surface area contributed by atoms with Crippen LogP contribution in [0.5, 0.6) is 0 Å². The van der Waals surface area contributed by atoms with Crippen molar-refractivity contribution in [1.29, 1.82) is 0 Å². The number of aliphatic hydroxyl groups excluding tert-OH is 1. The number of nitrogens with one attached hydrogen (secondary N) is 1. The lowest BCUT2D eigenvalue weighted by Gasteiger charge is -2.14. The molecule has 0 fully saturated rings. The summed E-state index contributed by atoms with van der Waals surface area (Å²) < 4.78 is 3.29. The lowest BCUT2D eigenvalue weighted by Crippen LogP contribution is -2.30. The molecule has 2 N–H and O–H groups in total. The highest BCUT2D eigenvalue weighted by Gasteiger charge is 2.34. The van der Waals surface area contributed by atoms with Crippen LogP contribution in [0.15, 0.2) is 28.0 Å². The first kappa shape index (κ1) is 12.9. The lowest BCUT2D eigenvalue weighted by atomic mass is 10.0. The quantitative estimate of drug-likeness (QED) is 0.793. The van der Waals surface area contributed by atoms with Gasteiger partial charge in [0.2, 0.25) is 0 Å². The van der Waals surface area contributed by atoms with E-state index in [1.165, 1.54) is 16.8 Å². The van der Waals surface area contributed by atoms with E-state index in [1.807, 2.05) is 7.05 Å². The molecular formula is C13H16N4O3. The van der Waals surface area contributed by atoms with Crippen molar-refractivity contribution in [2.75, 3.05) is 6.61 Å². The van der Waals surface area contributed by atoms with Gasteiger partial charge in [0.15, 0.2) is 0 Å². The zero-order valence-corrected chi connectivity index (χ0v) is 11.1. The number of aryl methyl sites for hydroxylation is 1. The maximum absolute atomic E-state index is 11.7. The predicted molar refractivity (Wildman–Crippen MR) is 71.7 cm³/mol. The summed E-state index contributed by atoms with van der Waals surface area (Å²) in [5.41, 5.74) is 1.31. The number of aliphatic hydroxyl groups is 1. The van der Waals surface area contributed by atoms with E-state index in [0.29, 0.717) is 6.54 Å². The predicted octanol–water partition coefficient (Wildman–Crippen LogP) is -0.466. The number of hydrogen-bond acceptors (Lipinski definition) is 4. The van der Waals surface area contributed by atoms with Crippen LogP contribution in [0.3, 0.4) is 0 Å². The second kappa shape index (κ2) is 4.75. The third-order valence-electron chi connectivity index (χ3n) is 3.94. The third kappa shape index (κ3) is 2.00. The van der Waals surface area contributed by atoms with Gasteiger partial charge in [-0.2, -0.15) is 5.10 Å². The molecule has 0 aromatic carbocycles. The lowest BCUT2D eigenvalue weighted by molar-refractivity contribution is 0.258. The molecule has 0 saturated heterocycles. The highest BCUT2D eigenvalue weighted by Crippen LogP contribution is 2.41. The molecule has 0 radical (unpaired) electrons. The van der Waals surface area contributed by atoms with Crippen molar-refractivity contribution in [2.24, 2.45) is 7.05 Å². The van der Waals surface area contributed by atoms with Gasteiger partial charge in [0.1, 0.15) is 0 Å². The molecule has 0 aliphatic heterocycles. The molecule has 0 saturated carbocycles. The Hall–Kier alpha value is -2.15. The van der Waals surface area contributed by atoms with Crippen molar-refractivity contribution in [2.45, 2.75) is 24.8 Å². The summed E-state index contributed by atoms with van der Waals surface area (Å²) in [6.07, 6.45) is 4.07. The van der Waals surface area contributed by atoms with Crippen molar-refractivity contribution in [1.82, 2.24) is 19.3 Å². The average Bonchev–Trinajstić information content (AvgIpc) is 2.95. The van der Waals surface area contributed by atoms with E-state index in [0.717, 1.165) is 17.7 Å². The molecule has 0 amide bonds. The molecule has 2 atom stereocenters. The first-order valence-electron chi connectivity index (χ1n) is 6.52. The topological polar surface area (TPSA) is 92.9 Å². The van der Waals surface area contributed by atoms with Crippen LogP contribution in [0.1, 0.15) is 29.5 Å². The fourth-order valence-electron chi connectivity index (χ4n) is 3.02. The van der Waals surface area contributed by atoms with Gasteiger partial charge in [-0.3, -0.25) is 19.0 Å². The Morgan fingerprint density at radius 1 is 1.45 bits per heavy atom. The van der Waals surface area contributed by atoms with E-state index in [4.69, 9.17) is 0 Å². The molecule has 2 heterocycles. The summed E-state index contributed by atoms with van der Waals surface area (Å²) in [6, 6.07) is 1.34. The van der Waals surface area contributed by atoms with Crippen LogP contribution < -0.4 is 11.2 Å². The van der Waals surface area contributed by atoms with Crippen LogP contribution in [0.4, 0.5) is 0 Å². The zero-order chi connectivity index (χ0) is 14.3. The smallest absolute Gasteiger partial charge is 0.328 e. The van der Waals surface area contributed by atoms with E-state index in [1.54, 1.807) is 10.9 Å². The molecule has 2 aromatic heterocycles. The second-order valence-corrected chi connectivity index (χ2v) is 5.18. The van der Waals surface area contributed by atoms with Crippen molar-refractivity contribution < 1.29 is 5.11 Å². The number of rotatable bonds is 3. The van der Waals surface area contributed by atoms with E-state index in [2.05, 4.69) is 10.1 Å². The molecule has 0 bridgehead atoms. The Bertz CT molecular complexity index is 743. The molecule has 7 nitrogen and oxygen atoms in total. The molecule has 1 aliphatic rings. The minimum absolute atomic E-state index is 0.0714. The molecular weight excluding hydrogens is 260 g/mol. The van der Waals surface area contributed by atoms with Crippen LogP contribution in [0.2, 0.25) is 0 Å². The molecule has 3 rings (SSSR count). The summed E-state index contributed by atoms with van der Waals surface area (Å²) in [7, 11) is 1.86. The van der Waals surface area contributed by atoms with Gasteiger partial charge in [-0.25, -0.2) is 4.79 Å². The van der Waals surface area contributed by atoms with E-state index in [9.17, 15) is 14.7 Å². The van der Waals surface area contributed by atoms with Crippen LogP contribution in [-0.4, -0.2) is 31.0 Å². The van der Waals surface area contributed by atoms with Crippen molar-refractivity contribution in [3.05, 3.63) is 50.6 Å². The number of fused-ring (bicyclic) bond motifs is 1. The molecule has 2 aromatic rings. The van der Waals surface area contributed by atoms with Crippen LogP contribution >= 0.6 is 0 Å². The Kier molecular flexibility index (Phi) is 3.06. The van der Waals surface area contributed by atoms with Crippen LogP contribution in [0.25, 0.3) is 0 Å². The molecule has 1 aliphatic carbocycles. The van der Waals surface area contributed by atoms with Crippen LogP contribution in [-0.2, 0) is 13.6 Å². The maximum Gasteiger partial charge on any atom is 0.328 e. The molecule has 20 heavy (non-hydrogen) atoms. The minimum Gasteiger partial charge on any atom is -0.396 e. The minimum atomic E-state index is -0.409. The van der Waals surface area contributed by atoms with Crippen molar-refractivity contribution in [3.63, 3.8) is 0 Å². The molecule has 0 unspecified atom stereocenters. The summed E-state index contributed by atoms with van der Waals surface area (Å²) >= 11 is 0. The number of aromatic amines is 1. The highest BCUT2D eigenvalue weighted by atomic mass is 16.3. The second-order valence-electron chi connectivity index (χ2n) is 5.18. The van der Waals surface area contributed by atoms with Gasteiger partial charge in [-0.15, -0.1) is 0 Å². The summed E-state index contributed by atoms with van der Waals surface area (Å²) in [4.78, 5) is 25.1. The van der Waals surface area contributed by atoms with E-state index in [-0.39, 0.29) is 18.4 Å². The maximum atomic E-state index is 11.7.